The molecule has 2 aromatic rings. The largest absolute Gasteiger partial charge is 0.493 e. The van der Waals surface area contributed by atoms with E-state index in [1.54, 1.807) is 7.11 Å². The predicted octanol–water partition coefficient (Wildman–Crippen LogP) is 4.43. The molecule has 1 saturated heterocycles. The van der Waals surface area contributed by atoms with Crippen LogP contribution in [0.2, 0.25) is 0 Å². The summed E-state index contributed by atoms with van der Waals surface area (Å²) in [6, 6.07) is 13.3. The first-order valence-electron chi connectivity index (χ1n) is 12.8. The molecule has 2 amide bonds. The number of methoxy groups -OCH3 is 1. The maximum Gasteiger partial charge on any atom is 0.243 e. The minimum absolute atomic E-state index is 0.00907. The zero-order chi connectivity index (χ0) is 25.5. The third-order valence-electron chi connectivity index (χ3n) is 6.39. The van der Waals surface area contributed by atoms with E-state index >= 15 is 0 Å². The summed E-state index contributed by atoms with van der Waals surface area (Å²) < 4.78 is 11.3. The zero-order valence-electron chi connectivity index (χ0n) is 21.5. The molecule has 0 bridgehead atoms. The van der Waals surface area contributed by atoms with Crippen molar-refractivity contribution in [2.75, 3.05) is 32.1 Å². The summed E-state index contributed by atoms with van der Waals surface area (Å²) in [7, 11) is 1.62. The van der Waals surface area contributed by atoms with Crippen molar-refractivity contribution in [1.29, 1.82) is 0 Å². The van der Waals surface area contributed by atoms with Gasteiger partial charge >= 0.3 is 0 Å². The van der Waals surface area contributed by atoms with Crippen molar-refractivity contribution >= 4 is 23.2 Å². The number of hydrogen-bond acceptors (Lipinski definition) is 6. The number of amides is 2. The van der Waals surface area contributed by atoms with Gasteiger partial charge in [0.2, 0.25) is 11.8 Å². The van der Waals surface area contributed by atoms with Crippen LogP contribution in [-0.2, 0) is 16.1 Å². The minimum Gasteiger partial charge on any atom is -0.493 e. The molecular weight excluding hydrogens is 456 g/mol. The highest BCUT2D eigenvalue weighted by Gasteiger charge is 2.22. The van der Waals surface area contributed by atoms with Crippen LogP contribution in [0.1, 0.15) is 57.1 Å². The quantitative estimate of drug-likeness (QED) is 0.530. The van der Waals surface area contributed by atoms with Gasteiger partial charge in [-0.05, 0) is 75.7 Å². The van der Waals surface area contributed by atoms with Crippen LogP contribution in [0.3, 0.4) is 0 Å². The van der Waals surface area contributed by atoms with Crippen molar-refractivity contribution in [3.05, 3.63) is 53.6 Å². The molecule has 1 fully saturated rings. The molecule has 1 N–H and O–H groups in total. The number of nitrogens with one attached hydrogen (secondary N) is 1. The number of likely N-dealkylation sites (tertiary alicyclic amines) is 1. The van der Waals surface area contributed by atoms with Crippen molar-refractivity contribution in [3.8, 4) is 11.5 Å². The first kappa shape index (κ1) is 25.7. The van der Waals surface area contributed by atoms with Gasteiger partial charge in [-0.25, -0.2) is 5.01 Å². The third-order valence-corrected chi connectivity index (χ3v) is 6.39. The van der Waals surface area contributed by atoms with Gasteiger partial charge in [0.25, 0.3) is 0 Å². The minimum atomic E-state index is -0.00907. The molecule has 2 heterocycles. The Bertz CT molecular complexity index is 1090. The van der Waals surface area contributed by atoms with Crippen LogP contribution in [0, 0.1) is 0 Å². The molecule has 8 nitrogen and oxygen atoms in total. The van der Waals surface area contributed by atoms with E-state index in [0.717, 1.165) is 42.2 Å². The normalized spacial score (nSPS) is 16.3. The number of anilines is 1. The van der Waals surface area contributed by atoms with Crippen LogP contribution in [0.4, 0.5) is 5.69 Å². The number of hydrazone groups is 1. The van der Waals surface area contributed by atoms with Gasteiger partial charge in [0.1, 0.15) is 0 Å². The van der Waals surface area contributed by atoms with Gasteiger partial charge in [0.05, 0.1) is 25.5 Å². The Balaban J connectivity index is 1.39. The number of hydrogen-bond donors (Lipinski definition) is 1. The Morgan fingerprint density at radius 3 is 2.50 bits per heavy atom. The Hall–Kier alpha value is -3.39. The highest BCUT2D eigenvalue weighted by atomic mass is 16.5. The van der Waals surface area contributed by atoms with E-state index in [9.17, 15) is 9.59 Å². The molecule has 0 atom stereocenters. The summed E-state index contributed by atoms with van der Waals surface area (Å²) in [4.78, 5) is 27.2. The van der Waals surface area contributed by atoms with Crippen LogP contribution in [0.15, 0.2) is 47.6 Å². The molecule has 2 aliphatic rings. The average molecular weight is 493 g/mol. The molecular formula is C28H36N4O4. The van der Waals surface area contributed by atoms with E-state index in [1.165, 1.54) is 17.9 Å². The molecule has 0 saturated carbocycles. The monoisotopic (exact) mass is 492 g/mol. The molecule has 36 heavy (non-hydrogen) atoms. The van der Waals surface area contributed by atoms with Gasteiger partial charge in [-0.3, -0.25) is 9.59 Å². The molecule has 2 aromatic carbocycles. The predicted molar refractivity (Wildman–Crippen MR) is 140 cm³/mol. The molecule has 0 aliphatic carbocycles. The summed E-state index contributed by atoms with van der Waals surface area (Å²) in [6.45, 7) is 7.29. The topological polar surface area (TPSA) is 83.5 Å². The van der Waals surface area contributed by atoms with Gasteiger partial charge in [0.15, 0.2) is 11.5 Å². The van der Waals surface area contributed by atoms with Crippen molar-refractivity contribution in [1.82, 2.24) is 9.91 Å². The van der Waals surface area contributed by atoms with Crippen molar-refractivity contribution in [3.63, 3.8) is 0 Å². The second kappa shape index (κ2) is 12.0. The number of carbonyl (C=O) groups excluding carboxylic acids is 2. The molecule has 2 aliphatic heterocycles. The van der Waals surface area contributed by atoms with Crippen LogP contribution in [0.5, 0.6) is 11.5 Å². The number of nitrogens with zero attached hydrogens (tertiary/aromatic N) is 3. The molecule has 0 unspecified atom stereocenters. The van der Waals surface area contributed by atoms with Gasteiger partial charge in [-0.15, -0.1) is 0 Å². The van der Waals surface area contributed by atoms with Gasteiger partial charge in [-0.1, -0.05) is 12.1 Å². The number of benzene rings is 2. The second-order valence-corrected chi connectivity index (χ2v) is 9.57. The number of rotatable bonds is 10. The second-order valence-electron chi connectivity index (χ2n) is 9.57. The molecule has 0 spiro atoms. The average Bonchev–Trinajstić information content (AvgIpc) is 3.39. The van der Waals surface area contributed by atoms with Crippen molar-refractivity contribution in [2.45, 2.75) is 58.6 Å². The van der Waals surface area contributed by atoms with Crippen molar-refractivity contribution in [2.24, 2.45) is 5.10 Å². The van der Waals surface area contributed by atoms with E-state index in [4.69, 9.17) is 9.47 Å². The van der Waals surface area contributed by atoms with Crippen molar-refractivity contribution < 1.29 is 19.1 Å². The Morgan fingerprint density at radius 2 is 1.81 bits per heavy atom. The number of ether oxygens (including phenoxy) is 2. The standard InChI is InChI=1S/C28H36N4O4/c1-20(2)36-26-18-22(8-12-25(26)35-3)24-11-13-28(34)32(30-24)19-21-6-9-23(10-7-21)29-27(33)14-17-31-15-4-5-16-31/h6-10,12,18,20H,4-5,11,13-17,19H2,1-3H3,(H,29,33). The maximum absolute atomic E-state index is 12.6. The van der Waals surface area contributed by atoms with Crippen LogP contribution in [0.25, 0.3) is 0 Å². The molecule has 0 aromatic heterocycles. The molecule has 0 radical (unpaired) electrons. The maximum atomic E-state index is 12.6. The summed E-state index contributed by atoms with van der Waals surface area (Å²) in [5.74, 6) is 1.34. The summed E-state index contributed by atoms with van der Waals surface area (Å²) >= 11 is 0. The highest BCUT2D eigenvalue weighted by molar-refractivity contribution is 6.04. The number of carbonyl (C=O) groups is 2. The fraction of sp³-hybridized carbons (Fsp3) is 0.464. The summed E-state index contributed by atoms with van der Waals surface area (Å²) in [6.07, 6.45) is 3.93. The fourth-order valence-electron chi connectivity index (χ4n) is 4.49. The lowest BCUT2D eigenvalue weighted by Gasteiger charge is -2.24. The van der Waals surface area contributed by atoms with Crippen LogP contribution < -0.4 is 14.8 Å². The Morgan fingerprint density at radius 1 is 1.06 bits per heavy atom. The summed E-state index contributed by atoms with van der Waals surface area (Å²) in [5, 5.41) is 9.16. The van der Waals surface area contributed by atoms with Gasteiger partial charge < -0.3 is 19.7 Å². The Kier molecular flexibility index (Phi) is 8.59. The van der Waals surface area contributed by atoms with E-state index in [0.29, 0.717) is 37.3 Å². The van der Waals surface area contributed by atoms with E-state index in [1.807, 2.05) is 56.3 Å². The molecule has 8 heteroatoms. The molecule has 4 rings (SSSR count). The van der Waals surface area contributed by atoms with Gasteiger partial charge in [-0.2, -0.15) is 5.10 Å². The zero-order valence-corrected chi connectivity index (χ0v) is 21.5. The fourth-order valence-corrected chi connectivity index (χ4v) is 4.49. The highest BCUT2D eigenvalue weighted by Crippen LogP contribution is 2.30. The van der Waals surface area contributed by atoms with E-state index in [2.05, 4.69) is 15.3 Å². The lowest BCUT2D eigenvalue weighted by Crippen LogP contribution is -2.31. The van der Waals surface area contributed by atoms with E-state index in [-0.39, 0.29) is 17.9 Å². The first-order valence-corrected chi connectivity index (χ1v) is 12.8. The van der Waals surface area contributed by atoms with E-state index < -0.39 is 0 Å². The molecule has 192 valence electrons. The Labute approximate surface area is 213 Å². The van der Waals surface area contributed by atoms with Crippen LogP contribution >= 0.6 is 0 Å². The smallest absolute Gasteiger partial charge is 0.243 e. The lowest BCUT2D eigenvalue weighted by molar-refractivity contribution is -0.132. The van der Waals surface area contributed by atoms with Gasteiger partial charge in [0, 0.05) is 37.1 Å². The summed E-state index contributed by atoms with van der Waals surface area (Å²) in [5.41, 5.74) is 3.46. The lowest BCUT2D eigenvalue weighted by atomic mass is 10.0. The first-order chi connectivity index (χ1) is 17.4. The third kappa shape index (κ3) is 6.85. The van der Waals surface area contributed by atoms with Crippen LogP contribution in [-0.4, -0.2) is 60.3 Å². The SMILES string of the molecule is COc1ccc(C2=NN(Cc3ccc(NC(=O)CCN4CCCC4)cc3)C(=O)CC2)cc1OC(C)C.